The third kappa shape index (κ3) is 4.28. The highest BCUT2D eigenvalue weighted by Crippen LogP contribution is 2.31. The van der Waals surface area contributed by atoms with E-state index in [0.29, 0.717) is 5.69 Å². The first-order valence-electron chi connectivity index (χ1n) is 8.38. The largest absolute Gasteiger partial charge is 0.417 e. The predicted octanol–water partition coefficient (Wildman–Crippen LogP) is 4.48. The summed E-state index contributed by atoms with van der Waals surface area (Å²) in [6, 6.07) is 12.3. The molecule has 0 fully saturated rings. The van der Waals surface area contributed by atoms with Gasteiger partial charge in [0, 0.05) is 11.1 Å². The van der Waals surface area contributed by atoms with Crippen molar-refractivity contribution in [3.05, 3.63) is 76.5 Å². The molecule has 0 aliphatic heterocycles. The van der Waals surface area contributed by atoms with E-state index in [1.54, 1.807) is 6.07 Å². The number of aromatic amines is 1. The number of carbonyl (C=O) groups excluding carboxylic acids is 1. The van der Waals surface area contributed by atoms with Crippen molar-refractivity contribution < 1.29 is 18.0 Å². The van der Waals surface area contributed by atoms with Gasteiger partial charge in [-0.15, -0.1) is 0 Å². The second-order valence-corrected chi connectivity index (χ2v) is 6.25. The molecule has 0 aliphatic rings. The molecule has 1 amide bonds. The number of aromatic nitrogens is 2. The molecule has 144 valence electrons. The first-order valence-corrected chi connectivity index (χ1v) is 8.38. The Morgan fingerprint density at radius 2 is 1.86 bits per heavy atom. The molecule has 0 radical (unpaired) electrons. The highest BCUT2D eigenvalue weighted by molar-refractivity contribution is 5.94. The Morgan fingerprint density at radius 3 is 2.57 bits per heavy atom. The van der Waals surface area contributed by atoms with Crippen LogP contribution in [0.1, 0.15) is 32.7 Å². The number of alkyl halides is 3. The van der Waals surface area contributed by atoms with E-state index in [1.165, 1.54) is 18.2 Å². The Balaban J connectivity index is 1.72. The van der Waals surface area contributed by atoms with Gasteiger partial charge in [-0.3, -0.25) is 9.89 Å². The van der Waals surface area contributed by atoms with Gasteiger partial charge in [-0.25, -0.2) is 5.43 Å². The molecule has 0 aliphatic carbocycles. The number of H-pyrrole nitrogens is 1. The summed E-state index contributed by atoms with van der Waals surface area (Å²) < 4.78 is 38.9. The van der Waals surface area contributed by atoms with Crippen LogP contribution in [0.5, 0.6) is 0 Å². The third-order valence-electron chi connectivity index (χ3n) is 4.26. The SMILES string of the molecule is Cc1ccc(-c2cc(C(=O)N/N=C/c3ccccc3C(F)(F)F)[nH]n2)cc1C. The Bertz CT molecular complexity index is 1040. The van der Waals surface area contributed by atoms with Gasteiger partial charge in [0.15, 0.2) is 0 Å². The summed E-state index contributed by atoms with van der Waals surface area (Å²) in [5.41, 5.74) is 5.05. The van der Waals surface area contributed by atoms with Gasteiger partial charge in [0.1, 0.15) is 5.69 Å². The van der Waals surface area contributed by atoms with E-state index in [0.717, 1.165) is 29.0 Å². The molecule has 2 N–H and O–H groups in total. The molecule has 5 nitrogen and oxygen atoms in total. The second-order valence-electron chi connectivity index (χ2n) is 6.25. The van der Waals surface area contributed by atoms with Crippen molar-refractivity contribution in [3.63, 3.8) is 0 Å². The van der Waals surface area contributed by atoms with Crippen molar-refractivity contribution in [2.75, 3.05) is 0 Å². The minimum Gasteiger partial charge on any atom is -0.272 e. The molecule has 0 unspecified atom stereocenters. The monoisotopic (exact) mass is 386 g/mol. The number of hydrazone groups is 1. The van der Waals surface area contributed by atoms with Crippen LogP contribution in [0.4, 0.5) is 13.2 Å². The zero-order valence-electron chi connectivity index (χ0n) is 15.1. The van der Waals surface area contributed by atoms with Crippen LogP contribution in [0.2, 0.25) is 0 Å². The van der Waals surface area contributed by atoms with Gasteiger partial charge in [-0.2, -0.15) is 23.4 Å². The van der Waals surface area contributed by atoms with Crippen LogP contribution < -0.4 is 5.43 Å². The standard InChI is InChI=1S/C20H17F3N4O/c1-12-7-8-14(9-13(12)2)17-10-18(26-25-17)19(28)27-24-11-15-5-3-4-6-16(15)20(21,22)23/h3-11H,1-2H3,(H,25,26)(H,27,28)/b24-11+. The topological polar surface area (TPSA) is 70.1 Å². The second kappa shape index (κ2) is 7.67. The number of nitrogens with one attached hydrogen (secondary N) is 2. The van der Waals surface area contributed by atoms with E-state index in [-0.39, 0.29) is 11.3 Å². The van der Waals surface area contributed by atoms with E-state index in [9.17, 15) is 18.0 Å². The summed E-state index contributed by atoms with van der Waals surface area (Å²) in [5, 5.41) is 10.3. The molecule has 28 heavy (non-hydrogen) atoms. The third-order valence-corrected chi connectivity index (χ3v) is 4.26. The fourth-order valence-electron chi connectivity index (χ4n) is 2.58. The highest BCUT2D eigenvalue weighted by atomic mass is 19.4. The fourth-order valence-corrected chi connectivity index (χ4v) is 2.58. The first kappa shape index (κ1) is 19.3. The average Bonchev–Trinajstić information content (AvgIpc) is 3.14. The van der Waals surface area contributed by atoms with E-state index in [4.69, 9.17) is 0 Å². The number of carbonyl (C=O) groups is 1. The highest BCUT2D eigenvalue weighted by Gasteiger charge is 2.32. The molecule has 0 saturated heterocycles. The molecule has 8 heteroatoms. The van der Waals surface area contributed by atoms with Crippen molar-refractivity contribution in [1.82, 2.24) is 15.6 Å². The molecule has 2 aromatic carbocycles. The zero-order chi connectivity index (χ0) is 20.3. The van der Waals surface area contributed by atoms with Gasteiger partial charge >= 0.3 is 6.18 Å². The minimum absolute atomic E-state index is 0.143. The zero-order valence-corrected chi connectivity index (χ0v) is 15.1. The van der Waals surface area contributed by atoms with Crippen LogP contribution in [0, 0.1) is 13.8 Å². The number of hydrogen-bond donors (Lipinski definition) is 2. The van der Waals surface area contributed by atoms with Crippen LogP contribution in [-0.2, 0) is 6.18 Å². The number of aryl methyl sites for hydroxylation is 2. The van der Waals surface area contributed by atoms with Gasteiger partial charge in [-0.05, 0) is 43.2 Å². The Hall–Kier alpha value is -3.42. The summed E-state index contributed by atoms with van der Waals surface area (Å²) in [7, 11) is 0. The van der Waals surface area contributed by atoms with E-state index in [1.807, 2.05) is 32.0 Å². The van der Waals surface area contributed by atoms with Gasteiger partial charge in [0.2, 0.25) is 0 Å². The Labute approximate surface area is 159 Å². The molecular formula is C20H17F3N4O. The van der Waals surface area contributed by atoms with E-state index in [2.05, 4.69) is 20.7 Å². The van der Waals surface area contributed by atoms with Crippen molar-refractivity contribution in [2.24, 2.45) is 5.10 Å². The molecule has 0 bridgehead atoms. The van der Waals surface area contributed by atoms with Gasteiger partial charge in [-0.1, -0.05) is 30.3 Å². The number of nitrogens with zero attached hydrogens (tertiary/aromatic N) is 2. The van der Waals surface area contributed by atoms with Crippen LogP contribution in [-0.4, -0.2) is 22.3 Å². The van der Waals surface area contributed by atoms with E-state index >= 15 is 0 Å². The summed E-state index contributed by atoms with van der Waals surface area (Å²) in [6.07, 6.45) is -3.54. The molecule has 3 rings (SSSR count). The van der Waals surface area contributed by atoms with E-state index < -0.39 is 17.6 Å². The van der Waals surface area contributed by atoms with Gasteiger partial charge in [0.25, 0.3) is 5.91 Å². The van der Waals surface area contributed by atoms with Crippen LogP contribution in [0.15, 0.2) is 53.6 Å². The predicted molar refractivity (Wildman–Crippen MR) is 100 cm³/mol. The molecule has 0 saturated carbocycles. The van der Waals surface area contributed by atoms with Crippen LogP contribution in [0.25, 0.3) is 11.3 Å². The van der Waals surface area contributed by atoms with Gasteiger partial charge < -0.3 is 0 Å². The number of halogens is 3. The minimum atomic E-state index is -4.50. The maximum atomic E-state index is 13.0. The van der Waals surface area contributed by atoms with Crippen molar-refractivity contribution in [3.8, 4) is 11.3 Å². The number of amides is 1. The number of hydrogen-bond acceptors (Lipinski definition) is 3. The molecule has 1 aromatic heterocycles. The maximum absolute atomic E-state index is 13.0. The summed E-state index contributed by atoms with van der Waals surface area (Å²) in [4.78, 5) is 12.2. The lowest BCUT2D eigenvalue weighted by Crippen LogP contribution is -2.18. The van der Waals surface area contributed by atoms with Crippen molar-refractivity contribution >= 4 is 12.1 Å². The average molecular weight is 386 g/mol. The van der Waals surface area contributed by atoms with Gasteiger partial charge in [0.05, 0.1) is 17.5 Å². The molecule has 0 atom stereocenters. The summed E-state index contributed by atoms with van der Waals surface area (Å²) >= 11 is 0. The lowest BCUT2D eigenvalue weighted by atomic mass is 10.0. The smallest absolute Gasteiger partial charge is 0.272 e. The molecule has 1 heterocycles. The molecular weight excluding hydrogens is 369 g/mol. The number of benzene rings is 2. The summed E-state index contributed by atoms with van der Waals surface area (Å²) in [6.45, 7) is 3.98. The number of rotatable bonds is 4. The Morgan fingerprint density at radius 1 is 1.11 bits per heavy atom. The first-order chi connectivity index (χ1) is 13.3. The molecule has 3 aromatic rings. The van der Waals surface area contributed by atoms with Crippen LogP contribution in [0.3, 0.4) is 0 Å². The van der Waals surface area contributed by atoms with Crippen LogP contribution >= 0.6 is 0 Å². The lowest BCUT2D eigenvalue weighted by molar-refractivity contribution is -0.137. The molecule has 0 spiro atoms. The maximum Gasteiger partial charge on any atom is 0.417 e. The van der Waals surface area contributed by atoms with Crippen molar-refractivity contribution in [2.45, 2.75) is 20.0 Å². The lowest BCUT2D eigenvalue weighted by Gasteiger charge is -2.09. The fraction of sp³-hybridized carbons (Fsp3) is 0.150. The quantitative estimate of drug-likeness (QED) is 0.513. The van der Waals surface area contributed by atoms with Crippen molar-refractivity contribution in [1.29, 1.82) is 0 Å². The summed E-state index contributed by atoms with van der Waals surface area (Å²) in [5.74, 6) is -0.608. The Kier molecular flexibility index (Phi) is 5.30. The normalized spacial score (nSPS) is 11.8.